The van der Waals surface area contributed by atoms with Gasteiger partial charge in [-0.05, 0) is 66.8 Å². The van der Waals surface area contributed by atoms with Crippen LogP contribution in [0.2, 0.25) is 0 Å². The third-order valence-electron chi connectivity index (χ3n) is 3.89. The molecule has 0 spiro atoms. The van der Waals surface area contributed by atoms with Gasteiger partial charge in [0.2, 0.25) is 0 Å². The first kappa shape index (κ1) is 18.6. The standard InChI is InChI=1S/C23H21FN2O/c1-17(10-11-22-14-20-6-4-12-25-23(20)26-22)8-9-18(2)15-27-16-19-5-3-7-21(24)13-19/h3-9,12-14H,15-16H2,1-2H3,(H,25,26)/b17-8+,18-9+. The minimum Gasteiger partial charge on any atom is -0.372 e. The van der Waals surface area contributed by atoms with Gasteiger partial charge < -0.3 is 9.72 Å². The molecule has 136 valence electrons. The van der Waals surface area contributed by atoms with Crippen molar-refractivity contribution in [2.45, 2.75) is 20.5 Å². The average Bonchev–Trinajstić information content (AvgIpc) is 3.08. The second kappa shape index (κ2) is 8.98. The summed E-state index contributed by atoms with van der Waals surface area (Å²) in [5.74, 6) is 6.00. The molecule has 0 aliphatic rings. The van der Waals surface area contributed by atoms with Crippen LogP contribution in [0.15, 0.2) is 72.0 Å². The molecule has 0 amide bonds. The number of ether oxygens (including phenoxy) is 1. The highest BCUT2D eigenvalue weighted by molar-refractivity contribution is 5.77. The quantitative estimate of drug-likeness (QED) is 0.504. The van der Waals surface area contributed by atoms with Crippen LogP contribution < -0.4 is 0 Å². The number of fused-ring (bicyclic) bond motifs is 1. The molecule has 2 heterocycles. The average molecular weight is 360 g/mol. The number of pyridine rings is 1. The van der Waals surface area contributed by atoms with Gasteiger partial charge in [-0.1, -0.05) is 30.2 Å². The molecule has 0 unspecified atom stereocenters. The molecule has 0 saturated carbocycles. The van der Waals surface area contributed by atoms with E-state index in [1.165, 1.54) is 12.1 Å². The monoisotopic (exact) mass is 360 g/mol. The summed E-state index contributed by atoms with van der Waals surface area (Å²) in [5.41, 5.74) is 4.53. The van der Waals surface area contributed by atoms with Gasteiger partial charge in [-0.2, -0.15) is 0 Å². The molecule has 0 aliphatic carbocycles. The maximum Gasteiger partial charge on any atom is 0.138 e. The zero-order valence-corrected chi connectivity index (χ0v) is 15.4. The lowest BCUT2D eigenvalue weighted by atomic mass is 10.2. The van der Waals surface area contributed by atoms with E-state index in [0.29, 0.717) is 13.2 Å². The molecule has 0 atom stereocenters. The second-order valence-electron chi connectivity index (χ2n) is 6.36. The van der Waals surface area contributed by atoms with Gasteiger partial charge in [0.25, 0.3) is 0 Å². The van der Waals surface area contributed by atoms with E-state index >= 15 is 0 Å². The number of benzene rings is 1. The van der Waals surface area contributed by atoms with E-state index in [2.05, 4.69) is 21.8 Å². The van der Waals surface area contributed by atoms with E-state index in [-0.39, 0.29) is 5.82 Å². The smallest absolute Gasteiger partial charge is 0.138 e. The topological polar surface area (TPSA) is 37.9 Å². The molecule has 0 fully saturated rings. The van der Waals surface area contributed by atoms with Gasteiger partial charge in [-0.25, -0.2) is 9.37 Å². The molecule has 0 aliphatic heterocycles. The van der Waals surface area contributed by atoms with E-state index in [1.54, 1.807) is 12.3 Å². The Balaban J connectivity index is 1.54. The van der Waals surface area contributed by atoms with Gasteiger partial charge in [0.05, 0.1) is 18.9 Å². The van der Waals surface area contributed by atoms with Gasteiger partial charge in [-0.15, -0.1) is 0 Å². The predicted molar refractivity (Wildman–Crippen MR) is 107 cm³/mol. The van der Waals surface area contributed by atoms with Crippen molar-refractivity contribution in [2.24, 2.45) is 0 Å². The predicted octanol–water partition coefficient (Wildman–Crippen LogP) is 5.16. The number of hydrogen-bond acceptors (Lipinski definition) is 2. The molecule has 0 bridgehead atoms. The zero-order valence-electron chi connectivity index (χ0n) is 15.4. The lowest BCUT2D eigenvalue weighted by molar-refractivity contribution is 0.142. The lowest BCUT2D eigenvalue weighted by Crippen LogP contribution is -1.97. The van der Waals surface area contributed by atoms with Crippen molar-refractivity contribution in [1.29, 1.82) is 0 Å². The summed E-state index contributed by atoms with van der Waals surface area (Å²) in [5, 5.41) is 1.05. The second-order valence-corrected chi connectivity index (χ2v) is 6.36. The molecule has 0 saturated heterocycles. The first-order chi connectivity index (χ1) is 13.1. The van der Waals surface area contributed by atoms with Crippen molar-refractivity contribution < 1.29 is 9.13 Å². The molecular weight excluding hydrogens is 339 g/mol. The van der Waals surface area contributed by atoms with Gasteiger partial charge in [0.15, 0.2) is 0 Å². The summed E-state index contributed by atoms with van der Waals surface area (Å²) in [6, 6.07) is 12.3. The third-order valence-corrected chi connectivity index (χ3v) is 3.89. The highest BCUT2D eigenvalue weighted by Crippen LogP contribution is 2.11. The Labute approximate surface area is 158 Å². The number of aromatic amines is 1. The molecule has 3 aromatic rings. The van der Waals surface area contributed by atoms with Crippen LogP contribution >= 0.6 is 0 Å². The minimum absolute atomic E-state index is 0.244. The molecule has 0 radical (unpaired) electrons. The number of aromatic nitrogens is 2. The van der Waals surface area contributed by atoms with Crippen molar-refractivity contribution in [2.75, 3.05) is 6.61 Å². The summed E-state index contributed by atoms with van der Waals surface area (Å²) >= 11 is 0. The van der Waals surface area contributed by atoms with E-state index in [0.717, 1.165) is 33.4 Å². The van der Waals surface area contributed by atoms with Crippen LogP contribution in [0.25, 0.3) is 11.0 Å². The molecule has 4 heteroatoms. The molecule has 3 rings (SSSR count). The van der Waals surface area contributed by atoms with Crippen molar-refractivity contribution >= 4 is 11.0 Å². The highest BCUT2D eigenvalue weighted by Gasteiger charge is 1.98. The largest absolute Gasteiger partial charge is 0.372 e. The van der Waals surface area contributed by atoms with Crippen LogP contribution in [0.5, 0.6) is 0 Å². The summed E-state index contributed by atoms with van der Waals surface area (Å²) in [7, 11) is 0. The number of hydrogen-bond donors (Lipinski definition) is 1. The Morgan fingerprint density at radius 2 is 2.07 bits per heavy atom. The molecule has 27 heavy (non-hydrogen) atoms. The third kappa shape index (κ3) is 5.67. The number of H-pyrrole nitrogens is 1. The number of nitrogens with zero attached hydrogens (tertiary/aromatic N) is 1. The van der Waals surface area contributed by atoms with Gasteiger partial charge in [0, 0.05) is 11.6 Å². The number of halogens is 1. The maximum atomic E-state index is 13.1. The SMILES string of the molecule is C/C(C#Cc1cc2cccnc2[nH]1)=C\C=C(/C)COCc1cccc(F)c1. The summed E-state index contributed by atoms with van der Waals surface area (Å²) in [4.78, 5) is 7.45. The van der Waals surface area contributed by atoms with Crippen LogP contribution in [0.1, 0.15) is 25.1 Å². The zero-order chi connectivity index (χ0) is 19.1. The van der Waals surface area contributed by atoms with Crippen molar-refractivity contribution in [3.8, 4) is 11.8 Å². The van der Waals surface area contributed by atoms with E-state index in [9.17, 15) is 4.39 Å². The van der Waals surface area contributed by atoms with Crippen LogP contribution in [0.3, 0.4) is 0 Å². The lowest BCUT2D eigenvalue weighted by Gasteiger charge is -2.04. The van der Waals surface area contributed by atoms with Crippen LogP contribution in [-0.4, -0.2) is 16.6 Å². The van der Waals surface area contributed by atoms with Crippen molar-refractivity contribution in [3.63, 3.8) is 0 Å². The van der Waals surface area contributed by atoms with Crippen molar-refractivity contribution in [1.82, 2.24) is 9.97 Å². The van der Waals surface area contributed by atoms with Gasteiger partial charge >= 0.3 is 0 Å². The highest BCUT2D eigenvalue weighted by atomic mass is 19.1. The Kier molecular flexibility index (Phi) is 6.19. The fourth-order valence-corrected chi connectivity index (χ4v) is 2.50. The maximum absolute atomic E-state index is 13.1. The van der Waals surface area contributed by atoms with Crippen molar-refractivity contribution in [3.05, 3.63) is 89.0 Å². The summed E-state index contributed by atoms with van der Waals surface area (Å²) in [6.45, 7) is 4.83. The first-order valence-electron chi connectivity index (χ1n) is 8.72. The summed E-state index contributed by atoms with van der Waals surface area (Å²) in [6.07, 6.45) is 5.71. The molecule has 1 N–H and O–H groups in total. The molecule has 2 aromatic heterocycles. The first-order valence-corrected chi connectivity index (χ1v) is 8.72. The molecule has 1 aromatic carbocycles. The fraction of sp³-hybridized carbons (Fsp3) is 0.174. The fourth-order valence-electron chi connectivity index (χ4n) is 2.50. The minimum atomic E-state index is -0.244. The summed E-state index contributed by atoms with van der Waals surface area (Å²) < 4.78 is 18.7. The normalized spacial score (nSPS) is 12.1. The van der Waals surface area contributed by atoms with Gasteiger partial charge in [-0.3, -0.25) is 0 Å². The molecular formula is C23H21FN2O. The molecule has 3 nitrogen and oxygen atoms in total. The van der Waals surface area contributed by atoms with E-state index in [1.807, 2.05) is 50.3 Å². The number of rotatable bonds is 5. The van der Waals surface area contributed by atoms with E-state index in [4.69, 9.17) is 4.74 Å². The van der Waals surface area contributed by atoms with Crippen LogP contribution in [-0.2, 0) is 11.3 Å². The van der Waals surface area contributed by atoms with Gasteiger partial charge in [0.1, 0.15) is 11.5 Å². The van der Waals surface area contributed by atoms with Crippen LogP contribution in [0, 0.1) is 17.7 Å². The Morgan fingerprint density at radius 1 is 1.19 bits per heavy atom. The Morgan fingerprint density at radius 3 is 2.89 bits per heavy atom. The van der Waals surface area contributed by atoms with E-state index < -0.39 is 0 Å². The van der Waals surface area contributed by atoms with Crippen LogP contribution in [0.4, 0.5) is 4.39 Å². The number of allylic oxidation sites excluding steroid dienone is 3. The Bertz CT molecular complexity index is 1020. The number of nitrogens with one attached hydrogen (secondary N) is 1. The Hall–Kier alpha value is -3.16.